The van der Waals surface area contributed by atoms with E-state index in [4.69, 9.17) is 5.73 Å². The molecule has 0 saturated heterocycles. The topological polar surface area (TPSA) is 50.9 Å². The molecule has 3 N–H and O–H groups in total. The Kier molecular flexibility index (Phi) is 3.74. The first-order valence-electron chi connectivity index (χ1n) is 5.59. The molecule has 0 aliphatic rings. The fourth-order valence-corrected chi connectivity index (χ4v) is 2.45. The van der Waals surface area contributed by atoms with Crippen molar-refractivity contribution in [1.29, 1.82) is 0 Å². The number of hydrogen-bond acceptors (Lipinski definition) is 4. The third-order valence-electron chi connectivity index (χ3n) is 2.51. The van der Waals surface area contributed by atoms with Crippen LogP contribution in [0.15, 0.2) is 23.7 Å². The van der Waals surface area contributed by atoms with Crippen LogP contribution in [0.3, 0.4) is 0 Å². The first-order valence-corrected chi connectivity index (χ1v) is 6.47. The SMILES string of the molecule is CC(N)CCCNc1nccc2sccc12. The normalized spacial score (nSPS) is 12.9. The maximum Gasteiger partial charge on any atom is 0.134 e. The minimum Gasteiger partial charge on any atom is -0.370 e. The van der Waals surface area contributed by atoms with Gasteiger partial charge in [-0.1, -0.05) is 0 Å². The predicted molar refractivity (Wildman–Crippen MR) is 71.0 cm³/mol. The summed E-state index contributed by atoms with van der Waals surface area (Å²) in [6.45, 7) is 2.97. The highest BCUT2D eigenvalue weighted by molar-refractivity contribution is 7.17. The number of nitrogens with two attached hydrogens (primary N) is 1. The van der Waals surface area contributed by atoms with Crippen LogP contribution in [-0.4, -0.2) is 17.6 Å². The van der Waals surface area contributed by atoms with E-state index in [1.54, 1.807) is 11.3 Å². The largest absolute Gasteiger partial charge is 0.370 e. The second-order valence-corrected chi connectivity index (χ2v) is 4.99. The average Bonchev–Trinajstić information content (AvgIpc) is 2.72. The molecule has 1 unspecified atom stereocenters. The summed E-state index contributed by atoms with van der Waals surface area (Å²) in [5, 5.41) is 6.68. The number of hydrogen-bond donors (Lipinski definition) is 2. The number of aromatic nitrogens is 1. The summed E-state index contributed by atoms with van der Waals surface area (Å²) in [4.78, 5) is 4.36. The molecule has 0 aliphatic heterocycles. The number of pyridine rings is 1. The number of nitrogens with zero attached hydrogens (tertiary/aromatic N) is 1. The maximum atomic E-state index is 5.70. The Bertz CT molecular complexity index is 450. The molecule has 2 heterocycles. The number of fused-ring (bicyclic) bond motifs is 1. The number of rotatable bonds is 5. The highest BCUT2D eigenvalue weighted by Gasteiger charge is 2.02. The van der Waals surface area contributed by atoms with E-state index >= 15 is 0 Å². The molecule has 2 aromatic rings. The first-order chi connectivity index (χ1) is 7.77. The van der Waals surface area contributed by atoms with Gasteiger partial charge >= 0.3 is 0 Å². The highest BCUT2D eigenvalue weighted by atomic mass is 32.1. The molecule has 0 aliphatic carbocycles. The molecular weight excluding hydrogens is 218 g/mol. The van der Waals surface area contributed by atoms with Crippen molar-refractivity contribution < 1.29 is 0 Å². The van der Waals surface area contributed by atoms with Gasteiger partial charge in [-0.2, -0.15) is 0 Å². The molecule has 16 heavy (non-hydrogen) atoms. The lowest BCUT2D eigenvalue weighted by molar-refractivity contribution is 0.639. The standard InChI is InChI=1S/C12H17N3S/c1-9(13)3-2-6-14-12-10-5-8-16-11(10)4-7-15-12/h4-5,7-9H,2-3,6,13H2,1H3,(H,14,15). The fraction of sp³-hybridized carbons (Fsp3) is 0.417. The van der Waals surface area contributed by atoms with Crippen molar-refractivity contribution in [3.63, 3.8) is 0 Å². The maximum absolute atomic E-state index is 5.70. The molecule has 0 spiro atoms. The molecule has 0 amide bonds. The average molecular weight is 235 g/mol. The minimum atomic E-state index is 0.284. The van der Waals surface area contributed by atoms with Crippen molar-refractivity contribution in [2.45, 2.75) is 25.8 Å². The summed E-state index contributed by atoms with van der Waals surface area (Å²) in [5.41, 5.74) is 5.70. The smallest absolute Gasteiger partial charge is 0.134 e. The molecule has 0 saturated carbocycles. The van der Waals surface area contributed by atoms with Gasteiger partial charge in [-0.05, 0) is 37.3 Å². The Morgan fingerprint density at radius 2 is 2.38 bits per heavy atom. The van der Waals surface area contributed by atoms with E-state index in [-0.39, 0.29) is 6.04 Å². The molecule has 0 fully saturated rings. The van der Waals surface area contributed by atoms with Crippen LogP contribution in [-0.2, 0) is 0 Å². The quantitative estimate of drug-likeness (QED) is 0.783. The Morgan fingerprint density at radius 3 is 3.19 bits per heavy atom. The molecular formula is C12H17N3S. The number of nitrogens with one attached hydrogen (secondary N) is 1. The Morgan fingerprint density at radius 1 is 1.50 bits per heavy atom. The summed E-state index contributed by atoms with van der Waals surface area (Å²) in [5.74, 6) is 0.989. The van der Waals surface area contributed by atoms with Crippen LogP contribution in [0, 0.1) is 0 Å². The molecule has 2 aromatic heterocycles. The zero-order chi connectivity index (χ0) is 11.4. The van der Waals surface area contributed by atoms with Crippen molar-refractivity contribution in [3.8, 4) is 0 Å². The molecule has 0 radical (unpaired) electrons. The van der Waals surface area contributed by atoms with Gasteiger partial charge in [0.05, 0.1) is 0 Å². The lowest BCUT2D eigenvalue weighted by Crippen LogP contribution is -2.16. The second-order valence-electron chi connectivity index (χ2n) is 4.04. The highest BCUT2D eigenvalue weighted by Crippen LogP contribution is 2.25. The van der Waals surface area contributed by atoms with Crippen LogP contribution < -0.4 is 11.1 Å². The number of thiophene rings is 1. The molecule has 1 atom stereocenters. The van der Waals surface area contributed by atoms with Crippen molar-refractivity contribution in [3.05, 3.63) is 23.7 Å². The monoisotopic (exact) mass is 235 g/mol. The Labute approximate surface area is 99.7 Å². The predicted octanol–water partition coefficient (Wildman–Crippen LogP) is 2.84. The summed E-state index contributed by atoms with van der Waals surface area (Å²) < 4.78 is 1.28. The summed E-state index contributed by atoms with van der Waals surface area (Å²) in [7, 11) is 0. The van der Waals surface area contributed by atoms with E-state index in [0.29, 0.717) is 0 Å². The third kappa shape index (κ3) is 2.71. The van der Waals surface area contributed by atoms with Gasteiger partial charge in [0.15, 0.2) is 0 Å². The first kappa shape index (κ1) is 11.4. The van der Waals surface area contributed by atoms with Crippen molar-refractivity contribution >= 4 is 27.2 Å². The van der Waals surface area contributed by atoms with E-state index in [0.717, 1.165) is 25.2 Å². The van der Waals surface area contributed by atoms with Crippen molar-refractivity contribution in [2.75, 3.05) is 11.9 Å². The van der Waals surface area contributed by atoms with Gasteiger partial charge in [0.1, 0.15) is 5.82 Å². The minimum absolute atomic E-state index is 0.284. The van der Waals surface area contributed by atoms with Gasteiger partial charge in [-0.3, -0.25) is 0 Å². The summed E-state index contributed by atoms with van der Waals surface area (Å²) >= 11 is 1.75. The summed E-state index contributed by atoms with van der Waals surface area (Å²) in [6, 6.07) is 4.44. The van der Waals surface area contributed by atoms with E-state index in [9.17, 15) is 0 Å². The lowest BCUT2D eigenvalue weighted by atomic mass is 10.2. The van der Waals surface area contributed by atoms with Gasteiger partial charge in [0, 0.05) is 28.9 Å². The van der Waals surface area contributed by atoms with Crippen molar-refractivity contribution in [2.24, 2.45) is 5.73 Å². The molecule has 3 nitrogen and oxygen atoms in total. The van der Waals surface area contributed by atoms with Crippen molar-refractivity contribution in [1.82, 2.24) is 4.98 Å². The van der Waals surface area contributed by atoms with Crippen LogP contribution in [0.2, 0.25) is 0 Å². The van der Waals surface area contributed by atoms with Crippen LogP contribution in [0.1, 0.15) is 19.8 Å². The zero-order valence-electron chi connectivity index (χ0n) is 9.44. The molecule has 2 rings (SSSR count). The van der Waals surface area contributed by atoms with E-state index < -0.39 is 0 Å². The Balaban J connectivity index is 1.96. The lowest BCUT2D eigenvalue weighted by Gasteiger charge is -2.08. The second kappa shape index (κ2) is 5.27. The van der Waals surface area contributed by atoms with E-state index in [1.165, 1.54) is 10.1 Å². The van der Waals surface area contributed by atoms with Gasteiger partial charge in [-0.15, -0.1) is 11.3 Å². The van der Waals surface area contributed by atoms with Crippen LogP contribution in [0.25, 0.3) is 10.1 Å². The Hall–Kier alpha value is -1.13. The van der Waals surface area contributed by atoms with Crippen LogP contribution in [0.5, 0.6) is 0 Å². The van der Waals surface area contributed by atoms with Crippen LogP contribution >= 0.6 is 11.3 Å². The molecule has 0 aromatic carbocycles. The van der Waals surface area contributed by atoms with Gasteiger partial charge < -0.3 is 11.1 Å². The molecule has 0 bridgehead atoms. The van der Waals surface area contributed by atoms with E-state index in [1.807, 2.05) is 19.2 Å². The zero-order valence-corrected chi connectivity index (χ0v) is 10.3. The number of anilines is 1. The van der Waals surface area contributed by atoms with Crippen LogP contribution in [0.4, 0.5) is 5.82 Å². The summed E-state index contributed by atoms with van der Waals surface area (Å²) in [6.07, 6.45) is 3.99. The van der Waals surface area contributed by atoms with Gasteiger partial charge in [-0.25, -0.2) is 4.98 Å². The van der Waals surface area contributed by atoms with Gasteiger partial charge in [0.25, 0.3) is 0 Å². The van der Waals surface area contributed by atoms with Gasteiger partial charge in [0.2, 0.25) is 0 Å². The fourth-order valence-electron chi connectivity index (χ4n) is 1.67. The van der Waals surface area contributed by atoms with E-state index in [2.05, 4.69) is 21.7 Å². The third-order valence-corrected chi connectivity index (χ3v) is 3.39. The molecule has 4 heteroatoms. The molecule has 86 valence electrons.